The fourth-order valence-electron chi connectivity index (χ4n) is 2.70. The van der Waals surface area contributed by atoms with E-state index < -0.39 is 0 Å². The summed E-state index contributed by atoms with van der Waals surface area (Å²) in [6.45, 7) is 1.95. The number of aromatic nitrogens is 1. The van der Waals surface area contributed by atoms with Gasteiger partial charge in [-0.05, 0) is 67.5 Å². The second-order valence-corrected chi connectivity index (χ2v) is 5.36. The number of hydrogen-bond acceptors (Lipinski definition) is 3. The molecule has 20 heavy (non-hydrogen) atoms. The third-order valence-electron chi connectivity index (χ3n) is 3.80. The first-order valence-corrected chi connectivity index (χ1v) is 7.12. The molecule has 0 unspecified atom stereocenters. The Kier molecular flexibility index (Phi) is 3.70. The number of pyridine rings is 1. The van der Waals surface area contributed by atoms with E-state index in [0.29, 0.717) is 5.88 Å². The summed E-state index contributed by atoms with van der Waals surface area (Å²) < 4.78 is 5.88. The molecule has 0 bridgehead atoms. The van der Waals surface area contributed by atoms with Gasteiger partial charge < -0.3 is 9.84 Å². The Bertz CT molecular complexity index is 622. The van der Waals surface area contributed by atoms with Crippen molar-refractivity contribution >= 4 is 0 Å². The minimum atomic E-state index is 0.00691. The Morgan fingerprint density at radius 2 is 1.95 bits per heavy atom. The Morgan fingerprint density at radius 1 is 1.15 bits per heavy atom. The molecule has 3 heteroatoms. The first kappa shape index (κ1) is 13.1. The van der Waals surface area contributed by atoms with Gasteiger partial charge in [0.1, 0.15) is 5.75 Å². The number of aliphatic hydroxyl groups is 1. The molecule has 1 N–H and O–H groups in total. The Labute approximate surface area is 119 Å². The van der Waals surface area contributed by atoms with Crippen molar-refractivity contribution < 1.29 is 9.84 Å². The highest BCUT2D eigenvalue weighted by Crippen LogP contribution is 2.29. The van der Waals surface area contributed by atoms with E-state index in [-0.39, 0.29) is 6.61 Å². The van der Waals surface area contributed by atoms with E-state index in [1.807, 2.05) is 19.1 Å². The van der Waals surface area contributed by atoms with Crippen LogP contribution in [-0.2, 0) is 19.4 Å². The van der Waals surface area contributed by atoms with Crippen molar-refractivity contribution in [1.29, 1.82) is 0 Å². The maximum atomic E-state index is 9.09. The van der Waals surface area contributed by atoms with Crippen LogP contribution in [0.15, 0.2) is 30.5 Å². The summed E-state index contributed by atoms with van der Waals surface area (Å²) in [7, 11) is 0. The Balaban J connectivity index is 1.84. The molecule has 2 aromatic rings. The molecule has 1 aliphatic rings. The van der Waals surface area contributed by atoms with Crippen LogP contribution in [-0.4, -0.2) is 10.1 Å². The second-order valence-electron chi connectivity index (χ2n) is 5.36. The predicted molar refractivity (Wildman–Crippen MR) is 78.1 cm³/mol. The lowest BCUT2D eigenvalue weighted by Gasteiger charge is -2.17. The summed E-state index contributed by atoms with van der Waals surface area (Å²) >= 11 is 0. The third-order valence-corrected chi connectivity index (χ3v) is 3.80. The molecule has 0 fully saturated rings. The maximum Gasteiger partial charge on any atom is 0.222 e. The summed E-state index contributed by atoms with van der Waals surface area (Å²) in [6, 6.07) is 8.22. The highest BCUT2D eigenvalue weighted by molar-refractivity contribution is 5.40. The number of aryl methyl sites for hydroxylation is 3. The lowest BCUT2D eigenvalue weighted by molar-refractivity contribution is 0.281. The van der Waals surface area contributed by atoms with Gasteiger partial charge in [-0.25, -0.2) is 4.98 Å². The highest BCUT2D eigenvalue weighted by Gasteiger charge is 2.11. The quantitative estimate of drug-likeness (QED) is 0.926. The summed E-state index contributed by atoms with van der Waals surface area (Å²) in [5.41, 5.74) is 4.59. The van der Waals surface area contributed by atoms with Gasteiger partial charge in [-0.3, -0.25) is 0 Å². The molecule has 3 nitrogen and oxygen atoms in total. The van der Waals surface area contributed by atoms with Crippen LogP contribution >= 0.6 is 0 Å². The first-order chi connectivity index (χ1) is 9.76. The zero-order valence-electron chi connectivity index (χ0n) is 11.7. The summed E-state index contributed by atoms with van der Waals surface area (Å²) in [5, 5.41) is 9.09. The minimum absolute atomic E-state index is 0.00691. The molecule has 0 aliphatic heterocycles. The van der Waals surface area contributed by atoms with Crippen molar-refractivity contribution in [2.75, 3.05) is 0 Å². The highest BCUT2D eigenvalue weighted by atomic mass is 16.5. The standard InChI is InChI=1S/C17H19NO2/c1-12-8-13(11-19)10-18-17(12)20-16-7-6-14-4-2-3-5-15(14)9-16/h6-10,19H,2-5,11H2,1H3. The lowest BCUT2D eigenvalue weighted by atomic mass is 9.92. The smallest absolute Gasteiger partial charge is 0.222 e. The van der Waals surface area contributed by atoms with Crippen LogP contribution in [0.2, 0.25) is 0 Å². The number of fused-ring (bicyclic) bond motifs is 1. The molecular weight excluding hydrogens is 250 g/mol. The fraction of sp³-hybridized carbons (Fsp3) is 0.353. The number of aliphatic hydroxyl groups excluding tert-OH is 1. The minimum Gasteiger partial charge on any atom is -0.439 e. The van der Waals surface area contributed by atoms with Gasteiger partial charge in [0.2, 0.25) is 5.88 Å². The van der Waals surface area contributed by atoms with Crippen molar-refractivity contribution in [2.24, 2.45) is 0 Å². The van der Waals surface area contributed by atoms with Gasteiger partial charge in [0.25, 0.3) is 0 Å². The Hall–Kier alpha value is -1.87. The lowest BCUT2D eigenvalue weighted by Crippen LogP contribution is -2.02. The molecule has 0 atom stereocenters. The van der Waals surface area contributed by atoms with E-state index in [0.717, 1.165) is 23.3 Å². The summed E-state index contributed by atoms with van der Waals surface area (Å²) in [4.78, 5) is 4.27. The van der Waals surface area contributed by atoms with Crippen molar-refractivity contribution in [1.82, 2.24) is 4.98 Å². The third kappa shape index (κ3) is 2.68. The van der Waals surface area contributed by atoms with Crippen LogP contribution < -0.4 is 4.74 Å². The van der Waals surface area contributed by atoms with Crippen LogP contribution in [0.1, 0.15) is 35.1 Å². The van der Waals surface area contributed by atoms with Crippen molar-refractivity contribution in [2.45, 2.75) is 39.2 Å². The molecule has 0 saturated heterocycles. The molecule has 104 valence electrons. The molecule has 1 aliphatic carbocycles. The van der Waals surface area contributed by atoms with Crippen LogP contribution in [0, 0.1) is 6.92 Å². The van der Waals surface area contributed by atoms with Gasteiger partial charge in [-0.15, -0.1) is 0 Å². The zero-order valence-corrected chi connectivity index (χ0v) is 11.7. The van der Waals surface area contributed by atoms with Gasteiger partial charge in [0, 0.05) is 11.8 Å². The maximum absolute atomic E-state index is 9.09. The topological polar surface area (TPSA) is 42.4 Å². The van der Waals surface area contributed by atoms with Gasteiger partial charge in [0.05, 0.1) is 6.61 Å². The summed E-state index contributed by atoms with van der Waals surface area (Å²) in [6.07, 6.45) is 6.52. The number of benzene rings is 1. The van der Waals surface area contributed by atoms with E-state index in [1.54, 1.807) is 6.20 Å². The van der Waals surface area contributed by atoms with E-state index >= 15 is 0 Å². The molecule has 0 saturated carbocycles. The van der Waals surface area contributed by atoms with Crippen molar-refractivity contribution in [3.05, 3.63) is 52.7 Å². The van der Waals surface area contributed by atoms with E-state index in [9.17, 15) is 0 Å². The van der Waals surface area contributed by atoms with Crippen molar-refractivity contribution in [3.8, 4) is 11.6 Å². The number of ether oxygens (including phenoxy) is 1. The first-order valence-electron chi connectivity index (χ1n) is 7.12. The predicted octanol–water partition coefficient (Wildman–Crippen LogP) is 3.55. The van der Waals surface area contributed by atoms with Gasteiger partial charge >= 0.3 is 0 Å². The molecule has 0 amide bonds. The van der Waals surface area contributed by atoms with Crippen LogP contribution in [0.4, 0.5) is 0 Å². The van der Waals surface area contributed by atoms with E-state index in [4.69, 9.17) is 9.84 Å². The Morgan fingerprint density at radius 3 is 2.70 bits per heavy atom. The molecule has 0 radical (unpaired) electrons. The average molecular weight is 269 g/mol. The van der Waals surface area contributed by atoms with Crippen LogP contribution in [0.25, 0.3) is 0 Å². The average Bonchev–Trinajstić information content (AvgIpc) is 2.49. The molecule has 0 spiro atoms. The summed E-state index contributed by atoms with van der Waals surface area (Å²) in [5.74, 6) is 1.45. The van der Waals surface area contributed by atoms with Crippen LogP contribution in [0.5, 0.6) is 11.6 Å². The fourth-order valence-corrected chi connectivity index (χ4v) is 2.70. The monoisotopic (exact) mass is 269 g/mol. The number of nitrogens with zero attached hydrogens (tertiary/aromatic N) is 1. The molecule has 1 aromatic carbocycles. The van der Waals surface area contributed by atoms with Crippen LogP contribution in [0.3, 0.4) is 0 Å². The molecule has 1 heterocycles. The largest absolute Gasteiger partial charge is 0.439 e. The molecule has 3 rings (SSSR count). The van der Waals surface area contributed by atoms with E-state index in [2.05, 4.69) is 17.1 Å². The second kappa shape index (κ2) is 5.63. The van der Waals surface area contributed by atoms with Crippen molar-refractivity contribution in [3.63, 3.8) is 0 Å². The van der Waals surface area contributed by atoms with Gasteiger partial charge in [-0.1, -0.05) is 6.07 Å². The normalized spacial score (nSPS) is 13.9. The molecule has 1 aromatic heterocycles. The van der Waals surface area contributed by atoms with E-state index in [1.165, 1.54) is 30.4 Å². The number of hydrogen-bond donors (Lipinski definition) is 1. The zero-order chi connectivity index (χ0) is 13.9. The number of rotatable bonds is 3. The van der Waals surface area contributed by atoms with Gasteiger partial charge in [-0.2, -0.15) is 0 Å². The van der Waals surface area contributed by atoms with Gasteiger partial charge in [0.15, 0.2) is 0 Å². The molecular formula is C17H19NO2. The SMILES string of the molecule is Cc1cc(CO)cnc1Oc1ccc2c(c1)CCCC2.